The molecule has 1 fully saturated rings. The fraction of sp³-hybridized carbons (Fsp3) is 0.571. The number of carbonyl (C=O) groups is 1. The molecule has 1 N–H and O–H groups in total. The number of amides is 1. The summed E-state index contributed by atoms with van der Waals surface area (Å²) < 4.78 is 35.4. The maximum atomic E-state index is 13.2. The van der Waals surface area contributed by atoms with Crippen LogP contribution in [-0.4, -0.2) is 58.8 Å². The van der Waals surface area contributed by atoms with Gasteiger partial charge in [0.05, 0.1) is 12.4 Å². The molecule has 0 spiro atoms. The maximum absolute atomic E-state index is 13.2. The predicted molar refractivity (Wildman–Crippen MR) is 125 cm³/mol. The van der Waals surface area contributed by atoms with Crippen LogP contribution in [0.2, 0.25) is 0 Å². The summed E-state index contributed by atoms with van der Waals surface area (Å²) in [6.07, 6.45) is 2.72. The number of nitrogens with one attached hydrogen (secondary N) is 1. The highest BCUT2D eigenvalue weighted by atomic mass is 32.2. The predicted octanol–water partition coefficient (Wildman–Crippen LogP) is 3.24. The summed E-state index contributed by atoms with van der Waals surface area (Å²) >= 11 is 1.28. The molecule has 2 heterocycles. The third kappa shape index (κ3) is 5.62. The molecule has 0 aliphatic carbocycles. The molecule has 3 rings (SSSR count). The van der Waals surface area contributed by atoms with Gasteiger partial charge in [-0.25, -0.2) is 8.42 Å². The second-order valence-corrected chi connectivity index (χ2v) is 10.8. The van der Waals surface area contributed by atoms with Crippen LogP contribution in [0.15, 0.2) is 28.3 Å². The van der Waals surface area contributed by atoms with Crippen molar-refractivity contribution in [2.75, 3.05) is 30.8 Å². The summed E-state index contributed by atoms with van der Waals surface area (Å²) in [6, 6.07) is 4.74. The zero-order valence-electron chi connectivity index (χ0n) is 19.0. The third-order valence-electron chi connectivity index (χ3n) is 5.18. The van der Waals surface area contributed by atoms with Gasteiger partial charge in [0.15, 0.2) is 5.16 Å². The molecule has 176 valence electrons. The van der Waals surface area contributed by atoms with E-state index < -0.39 is 10.0 Å². The van der Waals surface area contributed by atoms with Crippen molar-refractivity contribution >= 4 is 33.4 Å². The second kappa shape index (κ2) is 10.7. The average molecular weight is 482 g/mol. The van der Waals surface area contributed by atoms with E-state index in [9.17, 15) is 13.2 Å². The lowest BCUT2D eigenvalue weighted by molar-refractivity contribution is -0.113. The Kier molecular flexibility index (Phi) is 8.18. The van der Waals surface area contributed by atoms with Gasteiger partial charge in [-0.2, -0.15) is 4.31 Å². The van der Waals surface area contributed by atoms with E-state index in [1.807, 2.05) is 25.5 Å². The van der Waals surface area contributed by atoms with Crippen molar-refractivity contribution in [2.45, 2.75) is 56.0 Å². The van der Waals surface area contributed by atoms with E-state index in [2.05, 4.69) is 15.5 Å². The lowest BCUT2D eigenvalue weighted by Crippen LogP contribution is -2.35. The molecule has 1 saturated heterocycles. The number of hydrogen-bond acceptors (Lipinski definition) is 7. The second-order valence-electron chi connectivity index (χ2n) is 7.95. The van der Waals surface area contributed by atoms with Crippen LogP contribution in [0.1, 0.15) is 51.8 Å². The third-order valence-corrected chi connectivity index (χ3v) is 8.12. The van der Waals surface area contributed by atoms with E-state index in [0.717, 1.165) is 25.1 Å². The topological polar surface area (TPSA) is 106 Å². The van der Waals surface area contributed by atoms with Crippen LogP contribution in [-0.2, 0) is 21.9 Å². The molecule has 1 aliphatic heterocycles. The van der Waals surface area contributed by atoms with E-state index in [1.165, 1.54) is 22.1 Å². The monoisotopic (exact) mass is 481 g/mol. The van der Waals surface area contributed by atoms with Crippen molar-refractivity contribution in [3.05, 3.63) is 24.0 Å². The van der Waals surface area contributed by atoms with Crippen LogP contribution in [0.5, 0.6) is 5.75 Å². The van der Waals surface area contributed by atoms with Gasteiger partial charge >= 0.3 is 0 Å². The summed E-state index contributed by atoms with van der Waals surface area (Å²) in [5.74, 6) is 1.26. The minimum Gasteiger partial charge on any atom is -0.492 e. The number of thioether (sulfide) groups is 1. The zero-order valence-corrected chi connectivity index (χ0v) is 20.6. The molecule has 0 atom stereocenters. The fourth-order valence-corrected chi connectivity index (χ4v) is 5.98. The molecule has 1 aromatic heterocycles. The molecule has 1 aromatic carbocycles. The molecular weight excluding hydrogens is 450 g/mol. The normalized spacial score (nSPS) is 15.2. The van der Waals surface area contributed by atoms with E-state index >= 15 is 0 Å². The highest BCUT2D eigenvalue weighted by Crippen LogP contribution is 2.31. The molecule has 0 unspecified atom stereocenters. The number of benzene rings is 1. The molecule has 11 heteroatoms. The number of carbonyl (C=O) groups excluding carboxylic acids is 1. The molecule has 9 nitrogen and oxygen atoms in total. The number of rotatable bonds is 9. The van der Waals surface area contributed by atoms with E-state index in [-0.39, 0.29) is 22.5 Å². The first-order valence-corrected chi connectivity index (χ1v) is 13.3. The van der Waals surface area contributed by atoms with Gasteiger partial charge in [0.1, 0.15) is 16.5 Å². The van der Waals surface area contributed by atoms with Gasteiger partial charge < -0.3 is 14.6 Å². The number of nitrogens with zero attached hydrogens (tertiary/aromatic N) is 4. The number of ether oxygens (including phenoxy) is 1. The Morgan fingerprint density at radius 3 is 2.56 bits per heavy atom. The smallest absolute Gasteiger partial charge is 0.246 e. The van der Waals surface area contributed by atoms with Gasteiger partial charge in [-0.1, -0.05) is 32.0 Å². The van der Waals surface area contributed by atoms with Gasteiger partial charge in [-0.05, 0) is 38.0 Å². The highest BCUT2D eigenvalue weighted by Gasteiger charge is 2.29. The first-order chi connectivity index (χ1) is 15.2. The Morgan fingerprint density at radius 1 is 1.22 bits per heavy atom. The van der Waals surface area contributed by atoms with Crippen LogP contribution >= 0.6 is 11.8 Å². The van der Waals surface area contributed by atoms with E-state index in [1.54, 1.807) is 19.1 Å². The standard InChI is InChI=1S/C21H31N5O4S2/c1-5-30-17-10-9-16(13-18(17)32(28,29)26-11-7-6-8-12-26)22-19(27)14-31-21-24-23-20(15(2)3)25(21)4/h9-10,13,15H,5-8,11-12,14H2,1-4H3,(H,22,27). The van der Waals surface area contributed by atoms with Gasteiger partial charge in [0.25, 0.3) is 0 Å². The number of piperidine rings is 1. The van der Waals surface area contributed by atoms with Crippen molar-refractivity contribution in [2.24, 2.45) is 7.05 Å². The lowest BCUT2D eigenvalue weighted by atomic mass is 10.2. The quantitative estimate of drug-likeness (QED) is 0.548. The molecule has 1 aliphatic rings. The average Bonchev–Trinajstić information content (AvgIpc) is 3.14. The van der Waals surface area contributed by atoms with Crippen LogP contribution < -0.4 is 10.1 Å². The molecule has 2 aromatic rings. The van der Waals surface area contributed by atoms with E-state index in [0.29, 0.717) is 36.3 Å². The summed E-state index contributed by atoms with van der Waals surface area (Å²) in [7, 11) is -1.83. The SMILES string of the molecule is CCOc1ccc(NC(=O)CSc2nnc(C(C)C)n2C)cc1S(=O)(=O)N1CCCCC1. The Bertz CT molecular complexity index is 1050. The molecule has 32 heavy (non-hydrogen) atoms. The number of hydrogen-bond donors (Lipinski definition) is 1. The van der Waals surface area contributed by atoms with Crippen LogP contribution in [0.25, 0.3) is 0 Å². The first-order valence-electron chi connectivity index (χ1n) is 10.8. The van der Waals surface area contributed by atoms with Crippen LogP contribution in [0, 0.1) is 0 Å². The number of sulfonamides is 1. The fourth-order valence-electron chi connectivity index (χ4n) is 3.59. The summed E-state index contributed by atoms with van der Waals surface area (Å²) in [6.45, 7) is 7.22. The van der Waals surface area contributed by atoms with Gasteiger partial charge in [0.2, 0.25) is 15.9 Å². The summed E-state index contributed by atoms with van der Waals surface area (Å²) in [5.41, 5.74) is 0.412. The largest absolute Gasteiger partial charge is 0.492 e. The van der Waals surface area contributed by atoms with Gasteiger partial charge in [0, 0.05) is 31.7 Å². The first kappa shape index (κ1) is 24.5. The summed E-state index contributed by atoms with van der Waals surface area (Å²) in [4.78, 5) is 12.6. The number of aromatic nitrogens is 3. The van der Waals surface area contributed by atoms with Crippen molar-refractivity contribution in [1.29, 1.82) is 0 Å². The van der Waals surface area contributed by atoms with Crippen molar-refractivity contribution in [3.63, 3.8) is 0 Å². The highest BCUT2D eigenvalue weighted by molar-refractivity contribution is 7.99. The molecule has 0 radical (unpaired) electrons. The van der Waals surface area contributed by atoms with Crippen LogP contribution in [0.3, 0.4) is 0 Å². The molecule has 0 saturated carbocycles. The van der Waals surface area contributed by atoms with E-state index in [4.69, 9.17) is 4.74 Å². The van der Waals surface area contributed by atoms with Crippen molar-refractivity contribution in [3.8, 4) is 5.75 Å². The maximum Gasteiger partial charge on any atom is 0.246 e. The molecule has 0 bridgehead atoms. The lowest BCUT2D eigenvalue weighted by Gasteiger charge is -2.27. The number of anilines is 1. The van der Waals surface area contributed by atoms with Crippen molar-refractivity contribution < 1.29 is 17.9 Å². The van der Waals surface area contributed by atoms with Crippen molar-refractivity contribution in [1.82, 2.24) is 19.1 Å². The Hall–Kier alpha value is -2.11. The Balaban J connectivity index is 1.74. The minimum absolute atomic E-state index is 0.0848. The molecular formula is C21H31N5O4S2. The summed E-state index contributed by atoms with van der Waals surface area (Å²) in [5, 5.41) is 11.7. The minimum atomic E-state index is -3.71. The van der Waals surface area contributed by atoms with Crippen LogP contribution in [0.4, 0.5) is 5.69 Å². The van der Waals surface area contributed by atoms with Gasteiger partial charge in [-0.15, -0.1) is 10.2 Å². The Morgan fingerprint density at radius 2 is 1.94 bits per heavy atom. The van der Waals surface area contributed by atoms with Gasteiger partial charge in [-0.3, -0.25) is 4.79 Å². The molecule has 1 amide bonds. The Labute approximate surface area is 194 Å². The zero-order chi connectivity index (χ0) is 23.3.